The van der Waals surface area contributed by atoms with Crippen molar-refractivity contribution in [1.29, 1.82) is 0 Å². The molecule has 0 spiro atoms. The molecule has 2 rings (SSSR count). The van der Waals surface area contributed by atoms with Gasteiger partial charge in [-0.15, -0.1) is 0 Å². The Hall–Kier alpha value is -2.80. The molecule has 8 heteroatoms. The number of nitrogens with one attached hydrogen (secondary N) is 2. The van der Waals surface area contributed by atoms with Gasteiger partial charge in [-0.25, -0.2) is 4.79 Å². The summed E-state index contributed by atoms with van der Waals surface area (Å²) in [5, 5.41) is 33.5. The van der Waals surface area contributed by atoms with Crippen LogP contribution in [0.15, 0.2) is 30.3 Å². The summed E-state index contributed by atoms with van der Waals surface area (Å²) >= 11 is 0. The van der Waals surface area contributed by atoms with Gasteiger partial charge < -0.3 is 43.3 Å². The second kappa shape index (κ2) is 9.05. The van der Waals surface area contributed by atoms with Crippen LogP contribution in [0.4, 0.5) is 21.9 Å². The van der Waals surface area contributed by atoms with Crippen molar-refractivity contribution in [2.45, 2.75) is 20.8 Å². The number of aryl methyl sites for hydroxylation is 1. The fraction of sp³-hybridized carbons (Fsp3) is 0.278. The van der Waals surface area contributed by atoms with E-state index in [-0.39, 0.29) is 18.1 Å². The van der Waals surface area contributed by atoms with E-state index in [1.807, 2.05) is 25.1 Å². The number of amides is 2. The third-order valence-corrected chi connectivity index (χ3v) is 3.91. The molecule has 0 saturated carbocycles. The van der Waals surface area contributed by atoms with Gasteiger partial charge in [0.25, 0.3) is 0 Å². The number of aromatic hydroxyl groups is 3. The Labute approximate surface area is 158 Å². The van der Waals surface area contributed by atoms with Crippen molar-refractivity contribution in [3.05, 3.63) is 35.9 Å². The predicted molar refractivity (Wildman–Crippen MR) is 98.8 cm³/mol. The SMILES string of the molecule is CCN(CC)c1ccc(NC(=O)Nc2cc(O)c(O)c(O)c2)c(C)c1.[Cl-]. The van der Waals surface area contributed by atoms with Gasteiger partial charge in [-0.3, -0.25) is 0 Å². The summed E-state index contributed by atoms with van der Waals surface area (Å²) in [7, 11) is 0. The molecule has 7 nitrogen and oxygen atoms in total. The van der Waals surface area contributed by atoms with Gasteiger partial charge >= 0.3 is 6.03 Å². The normalized spacial score (nSPS) is 9.96. The number of rotatable bonds is 5. The minimum atomic E-state index is -0.631. The van der Waals surface area contributed by atoms with Crippen LogP contribution in [0.3, 0.4) is 0 Å². The van der Waals surface area contributed by atoms with E-state index in [1.165, 1.54) is 0 Å². The van der Waals surface area contributed by atoms with Crippen LogP contribution >= 0.6 is 0 Å². The maximum absolute atomic E-state index is 12.1. The lowest BCUT2D eigenvalue weighted by Gasteiger charge is -2.22. The highest BCUT2D eigenvalue weighted by atomic mass is 35.5. The van der Waals surface area contributed by atoms with Crippen LogP contribution in [0, 0.1) is 6.92 Å². The summed E-state index contributed by atoms with van der Waals surface area (Å²) in [6.07, 6.45) is 0. The van der Waals surface area contributed by atoms with Gasteiger partial charge in [0.05, 0.1) is 5.69 Å². The number of halogens is 1. The largest absolute Gasteiger partial charge is 1.00 e. The van der Waals surface area contributed by atoms with E-state index in [4.69, 9.17) is 0 Å². The maximum Gasteiger partial charge on any atom is 0.323 e. The summed E-state index contributed by atoms with van der Waals surface area (Å²) in [6.45, 7) is 7.87. The summed E-state index contributed by atoms with van der Waals surface area (Å²) in [6, 6.07) is 7.53. The number of benzene rings is 2. The van der Waals surface area contributed by atoms with E-state index in [0.717, 1.165) is 36.5 Å². The minimum absolute atomic E-state index is 0. The minimum Gasteiger partial charge on any atom is -1.00 e. The second-order valence-electron chi connectivity index (χ2n) is 5.61. The fourth-order valence-electron chi connectivity index (χ4n) is 2.53. The summed E-state index contributed by atoms with van der Waals surface area (Å²) in [5.41, 5.74) is 2.81. The Balaban J connectivity index is 0.00000338. The van der Waals surface area contributed by atoms with Gasteiger partial charge in [0.2, 0.25) is 0 Å². The van der Waals surface area contributed by atoms with Crippen molar-refractivity contribution in [3.63, 3.8) is 0 Å². The molecule has 0 fully saturated rings. The number of phenols is 3. The molecule has 0 heterocycles. The van der Waals surface area contributed by atoms with Gasteiger partial charge in [-0.05, 0) is 44.5 Å². The number of nitrogens with zero attached hydrogens (tertiary/aromatic N) is 1. The number of hydrogen-bond acceptors (Lipinski definition) is 5. The average Bonchev–Trinajstić information content (AvgIpc) is 2.56. The standard InChI is InChI=1S/C18H23N3O4.ClH/c1-4-21(5-2)13-6-7-14(11(3)8-13)20-18(25)19-12-9-15(22)17(24)16(23)10-12;/h6-10,22-24H,4-5H2,1-3H3,(H2,19,20,25);1H/p-1. The smallest absolute Gasteiger partial charge is 0.323 e. The van der Waals surface area contributed by atoms with Crippen molar-refractivity contribution < 1.29 is 32.5 Å². The van der Waals surface area contributed by atoms with Crippen molar-refractivity contribution in [1.82, 2.24) is 0 Å². The molecule has 142 valence electrons. The molecule has 2 aromatic carbocycles. The molecule has 0 aliphatic rings. The molecule has 2 aromatic rings. The zero-order chi connectivity index (χ0) is 18.6. The predicted octanol–water partition coefficient (Wildman–Crippen LogP) is 0.606. The highest BCUT2D eigenvalue weighted by Crippen LogP contribution is 2.37. The zero-order valence-electron chi connectivity index (χ0n) is 14.9. The number of hydrogen-bond donors (Lipinski definition) is 5. The van der Waals surface area contributed by atoms with E-state index >= 15 is 0 Å². The number of carbonyl (C=O) groups excluding carboxylic acids is 1. The highest BCUT2D eigenvalue weighted by molar-refractivity contribution is 6.00. The van der Waals surface area contributed by atoms with Crippen molar-refractivity contribution in [2.24, 2.45) is 0 Å². The number of anilines is 3. The molecule has 0 unspecified atom stereocenters. The summed E-state index contributed by atoms with van der Waals surface area (Å²) in [5.74, 6) is -1.67. The lowest BCUT2D eigenvalue weighted by Crippen LogP contribution is -3.00. The number of phenolic OH excluding ortho intramolecular Hbond substituents is 3. The second-order valence-corrected chi connectivity index (χ2v) is 5.61. The third kappa shape index (κ3) is 4.86. The number of urea groups is 1. The van der Waals surface area contributed by atoms with Crippen LogP contribution in [0.2, 0.25) is 0 Å². The van der Waals surface area contributed by atoms with Crippen LogP contribution in [0.25, 0.3) is 0 Å². The fourth-order valence-corrected chi connectivity index (χ4v) is 2.53. The lowest BCUT2D eigenvalue weighted by molar-refractivity contribution is -0.0000108. The molecule has 0 aliphatic heterocycles. The van der Waals surface area contributed by atoms with Crippen molar-refractivity contribution in [3.8, 4) is 17.2 Å². The topological polar surface area (TPSA) is 105 Å². The summed E-state index contributed by atoms with van der Waals surface area (Å²) in [4.78, 5) is 14.3. The molecule has 0 aliphatic carbocycles. The quantitative estimate of drug-likeness (QED) is 0.386. The monoisotopic (exact) mass is 380 g/mol. The van der Waals surface area contributed by atoms with Crippen molar-refractivity contribution in [2.75, 3.05) is 28.6 Å². The molecule has 0 aromatic heterocycles. The van der Waals surface area contributed by atoms with Crippen LogP contribution in [0.1, 0.15) is 19.4 Å². The highest BCUT2D eigenvalue weighted by Gasteiger charge is 2.11. The summed E-state index contributed by atoms with van der Waals surface area (Å²) < 4.78 is 0. The van der Waals surface area contributed by atoms with Crippen LogP contribution in [-0.4, -0.2) is 34.4 Å². The van der Waals surface area contributed by atoms with Crippen LogP contribution in [-0.2, 0) is 0 Å². The van der Waals surface area contributed by atoms with Gasteiger partial charge in [0.1, 0.15) is 0 Å². The average molecular weight is 381 g/mol. The van der Waals surface area contributed by atoms with E-state index in [9.17, 15) is 20.1 Å². The lowest BCUT2D eigenvalue weighted by atomic mass is 10.1. The Morgan fingerprint density at radius 1 is 1.00 bits per heavy atom. The Morgan fingerprint density at radius 2 is 1.58 bits per heavy atom. The molecule has 26 heavy (non-hydrogen) atoms. The first-order valence-electron chi connectivity index (χ1n) is 8.04. The maximum atomic E-state index is 12.1. The van der Waals surface area contributed by atoms with Gasteiger partial charge in [0.15, 0.2) is 17.2 Å². The first-order chi connectivity index (χ1) is 11.8. The molecular weight excluding hydrogens is 358 g/mol. The first kappa shape index (κ1) is 21.2. The molecule has 5 N–H and O–H groups in total. The Kier molecular flexibility index (Phi) is 7.40. The van der Waals surface area contributed by atoms with Gasteiger partial charge in [-0.2, -0.15) is 0 Å². The molecule has 2 amide bonds. The molecule has 0 saturated heterocycles. The van der Waals surface area contributed by atoms with E-state index in [0.29, 0.717) is 5.69 Å². The van der Waals surface area contributed by atoms with Crippen LogP contribution < -0.4 is 27.9 Å². The zero-order valence-corrected chi connectivity index (χ0v) is 15.6. The first-order valence-corrected chi connectivity index (χ1v) is 8.04. The van der Waals surface area contributed by atoms with E-state index in [1.54, 1.807) is 0 Å². The molecule has 0 atom stereocenters. The van der Waals surface area contributed by atoms with Crippen molar-refractivity contribution >= 4 is 23.1 Å². The van der Waals surface area contributed by atoms with E-state index in [2.05, 4.69) is 29.4 Å². The third-order valence-electron chi connectivity index (χ3n) is 3.91. The molecular formula is C18H23ClN3O4-. The number of carbonyl (C=O) groups is 1. The van der Waals surface area contributed by atoms with E-state index < -0.39 is 23.3 Å². The molecule has 0 radical (unpaired) electrons. The Bertz CT molecular complexity index is 756. The van der Waals surface area contributed by atoms with Gasteiger partial charge in [0, 0.05) is 36.6 Å². The van der Waals surface area contributed by atoms with Crippen LogP contribution in [0.5, 0.6) is 17.2 Å². The Morgan fingerprint density at radius 3 is 2.08 bits per heavy atom. The molecule has 0 bridgehead atoms. The van der Waals surface area contributed by atoms with Gasteiger partial charge in [-0.1, -0.05) is 0 Å².